The Balaban J connectivity index is 2.23. The number of aryl methyl sites for hydroxylation is 1. The number of hydrogen-bond donors (Lipinski definition) is 1. The fourth-order valence-corrected chi connectivity index (χ4v) is 1.96. The summed E-state index contributed by atoms with van der Waals surface area (Å²) in [6, 6.07) is 8.88. The molecule has 1 atom stereocenters. The van der Waals surface area contributed by atoms with Crippen LogP contribution < -0.4 is 5.32 Å². The van der Waals surface area contributed by atoms with Gasteiger partial charge < -0.3 is 9.73 Å². The van der Waals surface area contributed by atoms with E-state index in [9.17, 15) is 10.1 Å². The van der Waals surface area contributed by atoms with E-state index in [-0.39, 0.29) is 16.7 Å². The molecule has 1 N–H and O–H groups in total. The Morgan fingerprint density at radius 2 is 2.21 bits per heavy atom. The fourth-order valence-electron chi connectivity index (χ4n) is 1.96. The predicted octanol–water partition coefficient (Wildman–Crippen LogP) is 4.06. The van der Waals surface area contributed by atoms with E-state index < -0.39 is 0 Å². The van der Waals surface area contributed by atoms with Crippen molar-refractivity contribution >= 4 is 11.4 Å². The third-order valence-electron chi connectivity index (χ3n) is 3.04. The van der Waals surface area contributed by atoms with Crippen LogP contribution in [0.15, 0.2) is 41.0 Å². The Labute approximate surface area is 111 Å². The van der Waals surface area contributed by atoms with Crippen LogP contribution in [0.5, 0.6) is 0 Å². The van der Waals surface area contributed by atoms with Gasteiger partial charge in [-0.1, -0.05) is 13.0 Å². The molecule has 5 nitrogen and oxygen atoms in total. The number of nitro groups is 1. The monoisotopic (exact) mass is 260 g/mol. The molecule has 0 fully saturated rings. The molecule has 0 amide bonds. The molecule has 19 heavy (non-hydrogen) atoms. The number of anilines is 1. The first-order chi connectivity index (χ1) is 9.11. The first kappa shape index (κ1) is 13.1. The maximum absolute atomic E-state index is 10.9. The Hall–Kier alpha value is -2.30. The number of hydrogen-bond acceptors (Lipinski definition) is 4. The molecule has 0 saturated carbocycles. The minimum Gasteiger partial charge on any atom is -0.467 e. The van der Waals surface area contributed by atoms with Gasteiger partial charge in [0, 0.05) is 17.3 Å². The van der Waals surface area contributed by atoms with E-state index in [4.69, 9.17) is 4.42 Å². The van der Waals surface area contributed by atoms with E-state index in [2.05, 4.69) is 5.32 Å². The molecule has 0 spiro atoms. The zero-order valence-electron chi connectivity index (χ0n) is 10.9. The van der Waals surface area contributed by atoms with Crippen molar-refractivity contribution in [2.45, 2.75) is 26.3 Å². The van der Waals surface area contributed by atoms with Crippen LogP contribution in [0.3, 0.4) is 0 Å². The molecular formula is C14H16N2O3. The van der Waals surface area contributed by atoms with Crippen molar-refractivity contribution in [3.8, 4) is 0 Å². The average molecular weight is 260 g/mol. The standard InChI is InChI=1S/C14H16N2O3/c1-3-12(14-5-4-8-19-14)15-11-7-6-10(2)13(9-11)16(17)18/h4-9,12,15H,3H2,1-2H3. The molecule has 100 valence electrons. The van der Waals surface area contributed by atoms with E-state index in [1.54, 1.807) is 25.3 Å². The molecular weight excluding hydrogens is 244 g/mol. The third-order valence-corrected chi connectivity index (χ3v) is 3.04. The van der Waals surface area contributed by atoms with E-state index in [1.165, 1.54) is 0 Å². The smallest absolute Gasteiger partial charge is 0.274 e. The molecule has 1 heterocycles. The Morgan fingerprint density at radius 3 is 2.79 bits per heavy atom. The summed E-state index contributed by atoms with van der Waals surface area (Å²) in [7, 11) is 0. The molecule has 1 aromatic heterocycles. The summed E-state index contributed by atoms with van der Waals surface area (Å²) in [6.45, 7) is 3.76. The van der Waals surface area contributed by atoms with Gasteiger partial charge >= 0.3 is 0 Å². The minimum absolute atomic E-state index is 0.0114. The second-order valence-corrected chi connectivity index (χ2v) is 4.38. The van der Waals surface area contributed by atoms with Crippen LogP contribution in [0, 0.1) is 17.0 Å². The number of furan rings is 1. The van der Waals surface area contributed by atoms with Crippen LogP contribution in [0.25, 0.3) is 0 Å². The van der Waals surface area contributed by atoms with Crippen LogP contribution in [0.1, 0.15) is 30.7 Å². The lowest BCUT2D eigenvalue weighted by molar-refractivity contribution is -0.385. The van der Waals surface area contributed by atoms with Crippen LogP contribution in [0.4, 0.5) is 11.4 Å². The lowest BCUT2D eigenvalue weighted by Crippen LogP contribution is -2.09. The van der Waals surface area contributed by atoms with Gasteiger partial charge in [0.1, 0.15) is 5.76 Å². The molecule has 0 bridgehead atoms. The molecule has 0 aliphatic heterocycles. The average Bonchev–Trinajstić information content (AvgIpc) is 2.91. The minimum atomic E-state index is -0.367. The summed E-state index contributed by atoms with van der Waals surface area (Å²) >= 11 is 0. The highest BCUT2D eigenvalue weighted by Crippen LogP contribution is 2.27. The quantitative estimate of drug-likeness (QED) is 0.650. The topological polar surface area (TPSA) is 68.3 Å². The first-order valence-corrected chi connectivity index (χ1v) is 6.16. The van der Waals surface area contributed by atoms with Gasteiger partial charge in [-0.15, -0.1) is 0 Å². The Bertz CT molecular complexity index is 564. The maximum Gasteiger partial charge on any atom is 0.274 e. The van der Waals surface area contributed by atoms with E-state index >= 15 is 0 Å². The lowest BCUT2D eigenvalue weighted by atomic mass is 10.1. The van der Waals surface area contributed by atoms with Gasteiger partial charge in [0.05, 0.1) is 17.2 Å². The molecule has 2 rings (SSSR count). The second kappa shape index (κ2) is 5.56. The molecule has 0 radical (unpaired) electrons. The molecule has 0 aliphatic carbocycles. The molecule has 2 aromatic rings. The van der Waals surface area contributed by atoms with Crippen LogP contribution >= 0.6 is 0 Å². The number of benzene rings is 1. The maximum atomic E-state index is 10.9. The molecule has 0 aliphatic rings. The predicted molar refractivity (Wildman–Crippen MR) is 73.2 cm³/mol. The van der Waals surface area contributed by atoms with Crippen molar-refractivity contribution in [1.82, 2.24) is 0 Å². The highest BCUT2D eigenvalue weighted by molar-refractivity contribution is 5.55. The molecule has 1 aromatic carbocycles. The zero-order valence-corrected chi connectivity index (χ0v) is 10.9. The van der Waals surface area contributed by atoms with Gasteiger partial charge in [-0.25, -0.2) is 0 Å². The van der Waals surface area contributed by atoms with Crippen LogP contribution in [0.2, 0.25) is 0 Å². The third kappa shape index (κ3) is 2.93. The van der Waals surface area contributed by atoms with Gasteiger partial charge in [0.25, 0.3) is 5.69 Å². The molecule has 1 unspecified atom stereocenters. The zero-order chi connectivity index (χ0) is 13.8. The normalized spacial score (nSPS) is 12.1. The van der Waals surface area contributed by atoms with Crippen molar-refractivity contribution < 1.29 is 9.34 Å². The number of rotatable bonds is 5. The van der Waals surface area contributed by atoms with Crippen LogP contribution in [-0.4, -0.2) is 4.92 Å². The second-order valence-electron chi connectivity index (χ2n) is 4.38. The Morgan fingerprint density at radius 1 is 1.42 bits per heavy atom. The lowest BCUT2D eigenvalue weighted by Gasteiger charge is -2.16. The highest BCUT2D eigenvalue weighted by Gasteiger charge is 2.15. The summed E-state index contributed by atoms with van der Waals surface area (Å²) in [5.74, 6) is 0.825. The van der Waals surface area contributed by atoms with Crippen molar-refractivity contribution in [1.29, 1.82) is 0 Å². The van der Waals surface area contributed by atoms with Crippen molar-refractivity contribution in [2.75, 3.05) is 5.32 Å². The van der Waals surface area contributed by atoms with Crippen LogP contribution in [-0.2, 0) is 0 Å². The summed E-state index contributed by atoms with van der Waals surface area (Å²) in [5, 5.41) is 14.2. The SMILES string of the molecule is CCC(Nc1ccc(C)c([N+](=O)[O-])c1)c1ccco1. The van der Waals surface area contributed by atoms with E-state index in [1.807, 2.05) is 25.1 Å². The van der Waals surface area contributed by atoms with Crippen molar-refractivity contribution in [3.63, 3.8) is 0 Å². The summed E-state index contributed by atoms with van der Waals surface area (Å²) in [6.07, 6.45) is 2.45. The van der Waals surface area contributed by atoms with E-state index in [0.29, 0.717) is 5.56 Å². The summed E-state index contributed by atoms with van der Waals surface area (Å²) in [5.41, 5.74) is 1.50. The summed E-state index contributed by atoms with van der Waals surface area (Å²) in [4.78, 5) is 10.6. The highest BCUT2D eigenvalue weighted by atomic mass is 16.6. The molecule has 5 heteroatoms. The summed E-state index contributed by atoms with van der Waals surface area (Å²) < 4.78 is 5.36. The number of nitrogens with one attached hydrogen (secondary N) is 1. The Kier molecular flexibility index (Phi) is 3.85. The largest absolute Gasteiger partial charge is 0.467 e. The molecule has 0 saturated heterocycles. The first-order valence-electron chi connectivity index (χ1n) is 6.16. The van der Waals surface area contributed by atoms with Gasteiger partial charge in [-0.3, -0.25) is 10.1 Å². The number of nitrogens with zero attached hydrogens (tertiary/aromatic N) is 1. The van der Waals surface area contributed by atoms with Gasteiger partial charge in [-0.05, 0) is 31.5 Å². The van der Waals surface area contributed by atoms with Crippen molar-refractivity contribution in [2.24, 2.45) is 0 Å². The van der Waals surface area contributed by atoms with Gasteiger partial charge in [-0.2, -0.15) is 0 Å². The fraction of sp³-hybridized carbons (Fsp3) is 0.286. The van der Waals surface area contributed by atoms with E-state index in [0.717, 1.165) is 17.9 Å². The number of nitro benzene ring substituents is 1. The van der Waals surface area contributed by atoms with Gasteiger partial charge in [0.2, 0.25) is 0 Å². The van der Waals surface area contributed by atoms with Gasteiger partial charge in [0.15, 0.2) is 0 Å². The van der Waals surface area contributed by atoms with Crippen molar-refractivity contribution in [3.05, 3.63) is 58.0 Å².